The molecule has 0 N–H and O–H groups in total. The van der Waals surface area contributed by atoms with Crippen LogP contribution in [-0.2, 0) is 20.9 Å². The predicted molar refractivity (Wildman–Crippen MR) is 134 cm³/mol. The van der Waals surface area contributed by atoms with E-state index in [0.717, 1.165) is 17.5 Å². The highest BCUT2D eigenvalue weighted by Crippen LogP contribution is 2.58. The van der Waals surface area contributed by atoms with Gasteiger partial charge in [-0.1, -0.05) is 48.5 Å². The van der Waals surface area contributed by atoms with E-state index in [2.05, 4.69) is 12.1 Å². The van der Waals surface area contributed by atoms with Crippen molar-refractivity contribution in [2.75, 3.05) is 19.6 Å². The summed E-state index contributed by atoms with van der Waals surface area (Å²) in [6, 6.07) is 22.2. The lowest BCUT2D eigenvalue weighted by molar-refractivity contribution is -0.195. The number of nitrogens with zero attached hydrogens (tertiary/aromatic N) is 2. The second-order valence-corrected chi connectivity index (χ2v) is 10.4. The number of ether oxygens (including phenoxy) is 3. The Kier molecular flexibility index (Phi) is 4.76. The van der Waals surface area contributed by atoms with E-state index in [1.54, 1.807) is 16.7 Å². The van der Waals surface area contributed by atoms with Crippen molar-refractivity contribution < 1.29 is 23.8 Å². The fraction of sp³-hybridized carbons (Fsp3) is 0.286. The van der Waals surface area contributed by atoms with E-state index in [0.29, 0.717) is 23.8 Å². The van der Waals surface area contributed by atoms with Crippen LogP contribution in [0.4, 0.5) is 0 Å². The number of hydrogen-bond acceptors (Lipinski definition) is 6. The average Bonchev–Trinajstić information content (AvgIpc) is 3.39. The molecule has 3 aromatic carbocycles. The molecule has 4 aliphatic heterocycles. The number of likely N-dealkylation sites (tertiary alicyclic amines) is 1. The van der Waals surface area contributed by atoms with Crippen LogP contribution in [0.3, 0.4) is 0 Å². The van der Waals surface area contributed by atoms with Gasteiger partial charge in [0.1, 0.15) is 22.7 Å². The molecule has 7 rings (SSSR count). The van der Waals surface area contributed by atoms with Crippen LogP contribution in [0, 0.1) is 0 Å². The molecule has 0 spiro atoms. The van der Waals surface area contributed by atoms with Gasteiger partial charge in [0, 0.05) is 6.54 Å². The van der Waals surface area contributed by atoms with Crippen molar-refractivity contribution in [1.29, 1.82) is 0 Å². The van der Waals surface area contributed by atoms with Crippen LogP contribution < -0.4 is 14.2 Å². The maximum absolute atomic E-state index is 13.8. The number of thioether (sulfide) groups is 1. The second kappa shape index (κ2) is 7.93. The number of carbonyl (C=O) groups excluding carboxylic acids is 2. The Bertz CT molecular complexity index is 1380. The molecule has 2 saturated heterocycles. The molecule has 36 heavy (non-hydrogen) atoms. The van der Waals surface area contributed by atoms with Crippen molar-refractivity contribution in [2.24, 2.45) is 0 Å². The fourth-order valence-corrected chi connectivity index (χ4v) is 7.31. The van der Waals surface area contributed by atoms with Gasteiger partial charge in [-0.25, -0.2) is 0 Å². The first kappa shape index (κ1) is 21.6. The zero-order valence-corrected chi connectivity index (χ0v) is 20.4. The van der Waals surface area contributed by atoms with Crippen molar-refractivity contribution in [3.05, 3.63) is 89.5 Å². The Labute approximate surface area is 212 Å². The average molecular weight is 501 g/mol. The highest BCUT2D eigenvalue weighted by Gasteiger charge is 2.70. The molecule has 8 heteroatoms. The molecule has 4 atom stereocenters. The van der Waals surface area contributed by atoms with E-state index < -0.39 is 23.1 Å². The molecule has 0 aliphatic carbocycles. The molecule has 0 aromatic heterocycles. The van der Waals surface area contributed by atoms with Crippen LogP contribution in [-0.4, -0.2) is 53.4 Å². The molecule has 0 saturated carbocycles. The van der Waals surface area contributed by atoms with Crippen LogP contribution in [0.25, 0.3) is 0 Å². The monoisotopic (exact) mass is 500 g/mol. The first-order valence-electron chi connectivity index (χ1n) is 12.0. The van der Waals surface area contributed by atoms with E-state index in [9.17, 15) is 9.59 Å². The second-order valence-electron chi connectivity index (χ2n) is 9.35. The molecule has 0 bridgehead atoms. The van der Waals surface area contributed by atoms with Gasteiger partial charge in [0.25, 0.3) is 11.8 Å². The number of hydrogen-bond donors (Lipinski definition) is 0. The number of benzene rings is 3. The summed E-state index contributed by atoms with van der Waals surface area (Å²) in [6.45, 7) is 0.812. The summed E-state index contributed by atoms with van der Waals surface area (Å²) in [5, 5.41) is 0. The lowest BCUT2D eigenvalue weighted by Gasteiger charge is -2.65. The standard InChI is InChI=1S/C28H24N2O5S/c1-36-28-20-10-6-5-7-17(20)13-14-29(28)27(32)25(28)30-23(18-11-12-21-22(15-18)34-16-33-21)24(26(30)31)35-19-8-3-2-4-9-19/h2-12,15,23-25H,13-14,16H2,1H3. The van der Waals surface area contributed by atoms with Crippen LogP contribution in [0.15, 0.2) is 72.8 Å². The van der Waals surface area contributed by atoms with Crippen LogP contribution in [0.5, 0.6) is 17.2 Å². The van der Waals surface area contributed by atoms with E-state index in [4.69, 9.17) is 14.2 Å². The zero-order chi connectivity index (χ0) is 24.4. The van der Waals surface area contributed by atoms with Crippen molar-refractivity contribution in [3.8, 4) is 17.2 Å². The van der Waals surface area contributed by atoms with Crippen LogP contribution in [0.2, 0.25) is 0 Å². The molecule has 2 amide bonds. The molecule has 7 nitrogen and oxygen atoms in total. The first-order valence-corrected chi connectivity index (χ1v) is 13.2. The third kappa shape index (κ3) is 2.82. The summed E-state index contributed by atoms with van der Waals surface area (Å²) in [7, 11) is 0. The minimum atomic E-state index is -0.743. The first-order chi connectivity index (χ1) is 17.6. The molecule has 182 valence electrons. The summed E-state index contributed by atoms with van der Waals surface area (Å²) < 4.78 is 17.3. The summed E-state index contributed by atoms with van der Waals surface area (Å²) in [4.78, 5) is 30.4. The molecule has 2 fully saturated rings. The Morgan fingerprint density at radius 3 is 2.56 bits per heavy atom. The molecular weight excluding hydrogens is 476 g/mol. The van der Waals surface area contributed by atoms with Gasteiger partial charge in [0.15, 0.2) is 11.5 Å². The molecule has 3 aromatic rings. The van der Waals surface area contributed by atoms with E-state index in [1.165, 1.54) is 5.56 Å². The predicted octanol–water partition coefficient (Wildman–Crippen LogP) is 3.73. The largest absolute Gasteiger partial charge is 0.478 e. The number of fused-ring (bicyclic) bond motifs is 4. The molecule has 4 heterocycles. The quantitative estimate of drug-likeness (QED) is 0.498. The van der Waals surface area contributed by atoms with Crippen LogP contribution >= 0.6 is 11.8 Å². The van der Waals surface area contributed by atoms with Gasteiger partial charge < -0.3 is 24.0 Å². The summed E-state index contributed by atoms with van der Waals surface area (Å²) >= 11 is 1.63. The number of β-lactam (4-membered cyclic amide) rings is 2. The van der Waals surface area contributed by atoms with Crippen molar-refractivity contribution in [3.63, 3.8) is 0 Å². The van der Waals surface area contributed by atoms with Crippen molar-refractivity contribution in [2.45, 2.75) is 29.5 Å². The van der Waals surface area contributed by atoms with Gasteiger partial charge in [0.05, 0.1) is 0 Å². The zero-order valence-electron chi connectivity index (χ0n) is 19.6. The topological polar surface area (TPSA) is 68.3 Å². The third-order valence-corrected chi connectivity index (χ3v) is 8.98. The number of carbonyl (C=O) groups is 2. The number of amides is 2. The molecule has 0 radical (unpaired) electrons. The van der Waals surface area contributed by atoms with Crippen LogP contribution in [0.1, 0.15) is 22.7 Å². The minimum absolute atomic E-state index is 0.0175. The van der Waals surface area contributed by atoms with Gasteiger partial charge in [-0.15, -0.1) is 11.8 Å². The highest BCUT2D eigenvalue weighted by atomic mass is 32.2. The Hall–Kier alpha value is -3.65. The highest BCUT2D eigenvalue weighted by molar-refractivity contribution is 7.99. The Balaban J connectivity index is 1.32. The number of para-hydroxylation sites is 1. The summed E-state index contributed by atoms with van der Waals surface area (Å²) in [5.41, 5.74) is 3.19. The van der Waals surface area contributed by atoms with Crippen molar-refractivity contribution >= 4 is 23.6 Å². The molecule has 4 unspecified atom stereocenters. The van der Waals surface area contributed by atoms with Crippen molar-refractivity contribution in [1.82, 2.24) is 9.80 Å². The molecular formula is C28H24N2O5S. The van der Waals surface area contributed by atoms with Gasteiger partial charge in [-0.05, 0) is 53.6 Å². The van der Waals surface area contributed by atoms with E-state index >= 15 is 0 Å². The Morgan fingerprint density at radius 1 is 0.944 bits per heavy atom. The lowest BCUT2D eigenvalue weighted by atomic mass is 9.76. The van der Waals surface area contributed by atoms with Gasteiger partial charge in [-0.2, -0.15) is 0 Å². The maximum Gasteiger partial charge on any atom is 0.267 e. The minimum Gasteiger partial charge on any atom is -0.478 e. The van der Waals surface area contributed by atoms with Gasteiger partial charge >= 0.3 is 0 Å². The molecule has 4 aliphatic rings. The lowest BCUT2D eigenvalue weighted by Crippen LogP contribution is -2.81. The normalized spacial score (nSPS) is 27.6. The maximum atomic E-state index is 13.8. The van der Waals surface area contributed by atoms with E-state index in [1.807, 2.05) is 71.8 Å². The van der Waals surface area contributed by atoms with Gasteiger partial charge in [0.2, 0.25) is 12.9 Å². The smallest absolute Gasteiger partial charge is 0.267 e. The SMILES string of the molecule is CSC12c3ccccc3CCN1C(=O)C2N1C(=O)C(Oc2ccccc2)C1c1ccc2c(c1)OCO2. The number of rotatable bonds is 5. The van der Waals surface area contributed by atoms with E-state index in [-0.39, 0.29) is 18.6 Å². The fourth-order valence-electron chi connectivity index (χ4n) is 6.05. The third-order valence-electron chi connectivity index (χ3n) is 7.70. The summed E-state index contributed by atoms with van der Waals surface area (Å²) in [6.07, 6.45) is 2.09. The van der Waals surface area contributed by atoms with Gasteiger partial charge in [-0.3, -0.25) is 9.59 Å². The Morgan fingerprint density at radius 2 is 1.72 bits per heavy atom. The summed E-state index contributed by atoms with van der Waals surface area (Å²) in [5.74, 6) is 1.72.